The molecule has 1 aromatic carbocycles. The van der Waals surface area contributed by atoms with Crippen molar-refractivity contribution in [1.29, 1.82) is 0 Å². The van der Waals surface area contributed by atoms with Gasteiger partial charge in [-0.05, 0) is 36.8 Å². The maximum Gasteiger partial charge on any atom is 0.0406 e. The second-order valence-corrected chi connectivity index (χ2v) is 4.29. The Kier molecular flexibility index (Phi) is 3.65. The second kappa shape index (κ2) is 5.19. The van der Waals surface area contributed by atoms with Crippen molar-refractivity contribution in [3.05, 3.63) is 58.9 Å². The molecule has 0 aliphatic rings. The summed E-state index contributed by atoms with van der Waals surface area (Å²) in [6.45, 7) is 2.99. The number of hydrogen-bond donors (Lipinski definition) is 2. The predicted octanol–water partition coefficient (Wildman–Crippen LogP) is 3.52. The molecule has 0 saturated heterocycles. The zero-order valence-corrected chi connectivity index (χ0v) is 9.96. The van der Waals surface area contributed by atoms with Crippen molar-refractivity contribution < 1.29 is 0 Å². The van der Waals surface area contributed by atoms with Crippen molar-refractivity contribution in [2.45, 2.75) is 19.5 Å². The lowest BCUT2D eigenvalue weighted by Crippen LogP contribution is -2.18. The minimum atomic E-state index is 0.320. The highest BCUT2D eigenvalue weighted by molar-refractivity contribution is 6.30. The first-order chi connectivity index (χ1) is 7.75. The fourth-order valence-corrected chi connectivity index (χ4v) is 1.74. The van der Waals surface area contributed by atoms with Gasteiger partial charge in [0.25, 0.3) is 0 Å². The van der Waals surface area contributed by atoms with Crippen molar-refractivity contribution in [3.63, 3.8) is 0 Å². The van der Waals surface area contributed by atoms with E-state index in [0.717, 1.165) is 11.6 Å². The molecule has 0 spiro atoms. The Bertz CT molecular complexity index is 420. The van der Waals surface area contributed by atoms with Gasteiger partial charge in [0.15, 0.2) is 0 Å². The maximum absolute atomic E-state index is 5.85. The summed E-state index contributed by atoms with van der Waals surface area (Å²) in [5, 5.41) is 4.22. The molecule has 1 heterocycles. The smallest absolute Gasteiger partial charge is 0.0406 e. The van der Waals surface area contributed by atoms with Crippen LogP contribution in [0.3, 0.4) is 0 Å². The van der Waals surface area contributed by atoms with Crippen LogP contribution in [0.2, 0.25) is 5.02 Å². The molecule has 0 amide bonds. The van der Waals surface area contributed by atoms with Crippen LogP contribution >= 0.6 is 11.6 Å². The Morgan fingerprint density at radius 1 is 1.25 bits per heavy atom. The fraction of sp³-hybridized carbons (Fsp3) is 0.231. The molecule has 0 saturated carbocycles. The van der Waals surface area contributed by atoms with Crippen LogP contribution < -0.4 is 5.32 Å². The Balaban J connectivity index is 1.93. The van der Waals surface area contributed by atoms with E-state index in [-0.39, 0.29) is 0 Å². The molecular formula is C13H15ClN2. The van der Waals surface area contributed by atoms with Crippen LogP contribution in [0.1, 0.15) is 24.2 Å². The van der Waals surface area contributed by atoms with E-state index in [1.54, 1.807) is 0 Å². The summed E-state index contributed by atoms with van der Waals surface area (Å²) in [6, 6.07) is 12.3. The summed E-state index contributed by atoms with van der Waals surface area (Å²) in [5.41, 5.74) is 2.44. The summed E-state index contributed by atoms with van der Waals surface area (Å²) in [5.74, 6) is 0. The molecule has 84 valence electrons. The second-order valence-electron chi connectivity index (χ2n) is 3.85. The normalized spacial score (nSPS) is 12.6. The van der Waals surface area contributed by atoms with E-state index >= 15 is 0 Å². The third kappa shape index (κ3) is 2.87. The van der Waals surface area contributed by atoms with Gasteiger partial charge in [-0.3, -0.25) is 0 Å². The van der Waals surface area contributed by atoms with Gasteiger partial charge in [0, 0.05) is 29.5 Å². The average molecular weight is 235 g/mol. The van der Waals surface area contributed by atoms with Crippen molar-refractivity contribution in [1.82, 2.24) is 10.3 Å². The Labute approximate surface area is 101 Å². The van der Waals surface area contributed by atoms with Gasteiger partial charge in [-0.25, -0.2) is 0 Å². The van der Waals surface area contributed by atoms with Crippen molar-refractivity contribution >= 4 is 11.6 Å². The van der Waals surface area contributed by atoms with Gasteiger partial charge >= 0.3 is 0 Å². The van der Waals surface area contributed by atoms with Gasteiger partial charge in [0.1, 0.15) is 0 Å². The number of aromatic nitrogens is 1. The van der Waals surface area contributed by atoms with E-state index < -0.39 is 0 Å². The van der Waals surface area contributed by atoms with Crippen molar-refractivity contribution in [2.75, 3.05) is 0 Å². The highest BCUT2D eigenvalue weighted by Gasteiger charge is 2.04. The molecule has 0 unspecified atom stereocenters. The standard InChI is InChI=1S/C13H15ClN2/c1-10(11-4-6-12(14)7-5-11)16-9-13-3-2-8-15-13/h2-8,10,15-16H,9H2,1H3/t10-/m0/s1. The van der Waals surface area contributed by atoms with Crippen molar-refractivity contribution in [2.24, 2.45) is 0 Å². The highest BCUT2D eigenvalue weighted by Crippen LogP contribution is 2.16. The lowest BCUT2D eigenvalue weighted by Gasteiger charge is -2.13. The molecule has 0 aliphatic carbocycles. The van der Waals surface area contributed by atoms with Gasteiger partial charge in [-0.1, -0.05) is 23.7 Å². The first kappa shape index (κ1) is 11.2. The van der Waals surface area contributed by atoms with Gasteiger partial charge < -0.3 is 10.3 Å². The van der Waals surface area contributed by atoms with E-state index in [9.17, 15) is 0 Å². The summed E-state index contributed by atoms with van der Waals surface area (Å²) >= 11 is 5.85. The molecule has 2 nitrogen and oxygen atoms in total. The molecule has 3 heteroatoms. The number of hydrogen-bond acceptors (Lipinski definition) is 1. The maximum atomic E-state index is 5.85. The number of halogens is 1. The topological polar surface area (TPSA) is 27.8 Å². The molecule has 16 heavy (non-hydrogen) atoms. The number of rotatable bonds is 4. The molecule has 0 bridgehead atoms. The average Bonchev–Trinajstić information content (AvgIpc) is 2.80. The zero-order chi connectivity index (χ0) is 11.4. The molecular weight excluding hydrogens is 220 g/mol. The third-order valence-electron chi connectivity index (χ3n) is 2.63. The highest BCUT2D eigenvalue weighted by atomic mass is 35.5. The van der Waals surface area contributed by atoms with Crippen molar-refractivity contribution in [3.8, 4) is 0 Å². The Morgan fingerprint density at radius 3 is 2.62 bits per heavy atom. The lowest BCUT2D eigenvalue weighted by atomic mass is 10.1. The van der Waals surface area contributed by atoms with E-state index in [1.807, 2.05) is 24.4 Å². The van der Waals surface area contributed by atoms with Gasteiger partial charge in [0.05, 0.1) is 0 Å². The van der Waals surface area contributed by atoms with Crippen LogP contribution in [0.4, 0.5) is 0 Å². The van der Waals surface area contributed by atoms with Crippen LogP contribution in [0, 0.1) is 0 Å². The van der Waals surface area contributed by atoms with Crippen LogP contribution in [0.25, 0.3) is 0 Å². The molecule has 0 aliphatic heterocycles. The summed E-state index contributed by atoms with van der Waals surface area (Å²) in [6.07, 6.45) is 1.93. The summed E-state index contributed by atoms with van der Waals surface area (Å²) in [7, 11) is 0. The summed E-state index contributed by atoms with van der Waals surface area (Å²) in [4.78, 5) is 3.17. The fourth-order valence-electron chi connectivity index (χ4n) is 1.61. The number of benzene rings is 1. The van der Waals surface area contributed by atoms with E-state index in [2.05, 4.69) is 35.4 Å². The Hall–Kier alpha value is -1.25. The molecule has 2 aromatic rings. The third-order valence-corrected chi connectivity index (χ3v) is 2.88. The van der Waals surface area contributed by atoms with Crippen LogP contribution in [-0.4, -0.2) is 4.98 Å². The predicted molar refractivity (Wildman–Crippen MR) is 67.5 cm³/mol. The first-order valence-corrected chi connectivity index (χ1v) is 5.74. The molecule has 2 N–H and O–H groups in total. The van der Waals surface area contributed by atoms with E-state index in [1.165, 1.54) is 11.3 Å². The minimum Gasteiger partial charge on any atom is -0.364 e. The van der Waals surface area contributed by atoms with Crippen LogP contribution in [-0.2, 0) is 6.54 Å². The monoisotopic (exact) mass is 234 g/mol. The quantitative estimate of drug-likeness (QED) is 0.833. The lowest BCUT2D eigenvalue weighted by molar-refractivity contribution is 0.569. The molecule has 2 rings (SSSR count). The number of H-pyrrole nitrogens is 1. The van der Waals surface area contributed by atoms with Crippen LogP contribution in [0.15, 0.2) is 42.6 Å². The van der Waals surface area contributed by atoms with E-state index in [4.69, 9.17) is 11.6 Å². The Morgan fingerprint density at radius 2 is 2.00 bits per heavy atom. The molecule has 0 radical (unpaired) electrons. The number of nitrogens with one attached hydrogen (secondary N) is 2. The zero-order valence-electron chi connectivity index (χ0n) is 9.20. The molecule has 1 aromatic heterocycles. The minimum absolute atomic E-state index is 0.320. The van der Waals surface area contributed by atoms with Crippen LogP contribution in [0.5, 0.6) is 0 Å². The largest absolute Gasteiger partial charge is 0.364 e. The SMILES string of the molecule is C[C@H](NCc1ccc[nH]1)c1ccc(Cl)cc1. The van der Waals surface area contributed by atoms with Gasteiger partial charge in [-0.15, -0.1) is 0 Å². The van der Waals surface area contributed by atoms with Gasteiger partial charge in [0.2, 0.25) is 0 Å². The molecule has 1 atom stereocenters. The summed E-state index contributed by atoms with van der Waals surface area (Å²) < 4.78 is 0. The van der Waals surface area contributed by atoms with E-state index in [0.29, 0.717) is 6.04 Å². The molecule has 0 fully saturated rings. The first-order valence-electron chi connectivity index (χ1n) is 5.37. The van der Waals surface area contributed by atoms with Gasteiger partial charge in [-0.2, -0.15) is 0 Å². The number of aromatic amines is 1.